The smallest absolute Gasteiger partial charge is 0.295 e. The number of hydrogen-bond acceptors (Lipinski definition) is 5. The predicted octanol–water partition coefficient (Wildman–Crippen LogP) is 3.74. The minimum absolute atomic E-state index is 0.00132. The molecular weight excluding hydrogens is 356 g/mol. The first-order chi connectivity index (χ1) is 13.4. The van der Waals surface area contributed by atoms with Gasteiger partial charge in [-0.25, -0.2) is 4.98 Å². The number of nitrogens with zero attached hydrogens (tertiary/aromatic N) is 4. The first-order valence-corrected chi connectivity index (χ1v) is 9.61. The van der Waals surface area contributed by atoms with E-state index < -0.39 is 4.92 Å². The molecule has 2 heterocycles. The Labute approximate surface area is 165 Å². The molecule has 1 amide bonds. The van der Waals surface area contributed by atoms with E-state index in [2.05, 4.69) is 9.88 Å². The van der Waals surface area contributed by atoms with Crippen LogP contribution in [0.3, 0.4) is 0 Å². The molecule has 0 saturated carbocycles. The molecule has 0 spiro atoms. The number of anilines is 1. The van der Waals surface area contributed by atoms with Crippen molar-refractivity contribution in [2.24, 2.45) is 5.92 Å². The van der Waals surface area contributed by atoms with E-state index in [1.54, 1.807) is 11.0 Å². The molecule has 7 heteroatoms. The molecule has 1 aromatic carbocycles. The number of aromatic nitrogens is 1. The Balaban J connectivity index is 1.79. The number of pyridine rings is 1. The molecule has 0 aliphatic carbocycles. The molecule has 0 atom stereocenters. The zero-order valence-electron chi connectivity index (χ0n) is 16.5. The van der Waals surface area contributed by atoms with Crippen molar-refractivity contribution < 1.29 is 9.72 Å². The summed E-state index contributed by atoms with van der Waals surface area (Å²) in [7, 11) is 1.85. The van der Waals surface area contributed by atoms with Crippen LogP contribution in [0.2, 0.25) is 0 Å². The summed E-state index contributed by atoms with van der Waals surface area (Å²) in [6.45, 7) is 5.45. The minimum Gasteiger partial charge on any atom is -0.357 e. The molecular formula is C21H26N4O3. The van der Waals surface area contributed by atoms with Crippen molar-refractivity contribution in [1.29, 1.82) is 0 Å². The lowest BCUT2D eigenvalue weighted by Gasteiger charge is -2.35. The van der Waals surface area contributed by atoms with Gasteiger partial charge in [0.2, 0.25) is 5.91 Å². The van der Waals surface area contributed by atoms with Crippen molar-refractivity contribution in [3.63, 3.8) is 0 Å². The van der Waals surface area contributed by atoms with Crippen LogP contribution in [-0.2, 0) is 4.79 Å². The fourth-order valence-corrected chi connectivity index (χ4v) is 3.47. The van der Waals surface area contributed by atoms with Gasteiger partial charge in [-0.1, -0.05) is 30.3 Å². The van der Waals surface area contributed by atoms with Gasteiger partial charge in [0.05, 0.1) is 4.92 Å². The number of nitro groups is 1. The normalized spacial score (nSPS) is 14.9. The minimum atomic E-state index is -0.397. The van der Waals surface area contributed by atoms with Crippen LogP contribution in [-0.4, -0.2) is 46.9 Å². The van der Waals surface area contributed by atoms with Gasteiger partial charge in [0.1, 0.15) is 5.82 Å². The van der Waals surface area contributed by atoms with Crippen molar-refractivity contribution in [1.82, 2.24) is 9.88 Å². The topological polar surface area (TPSA) is 79.6 Å². The molecule has 1 aliphatic heterocycles. The summed E-state index contributed by atoms with van der Waals surface area (Å²) >= 11 is 0. The number of piperidine rings is 1. The Hall–Kier alpha value is -2.96. The summed E-state index contributed by atoms with van der Waals surface area (Å²) in [6, 6.07) is 12.6. The largest absolute Gasteiger partial charge is 0.357 e. The zero-order valence-corrected chi connectivity index (χ0v) is 16.5. The van der Waals surface area contributed by atoms with Crippen molar-refractivity contribution in [3.05, 3.63) is 52.6 Å². The van der Waals surface area contributed by atoms with Gasteiger partial charge in [-0.15, -0.1) is 0 Å². The van der Waals surface area contributed by atoms with Crippen molar-refractivity contribution >= 4 is 17.4 Å². The summed E-state index contributed by atoms with van der Waals surface area (Å²) < 4.78 is 0. The van der Waals surface area contributed by atoms with E-state index in [4.69, 9.17) is 0 Å². The standard InChI is InChI=1S/C21H26N4O3/c1-15(2)23(3)21(26)17-11-13-24(14-12-17)19-10-9-18(25(27)28)20(22-19)16-7-5-4-6-8-16/h4-10,15,17H,11-14H2,1-3H3. The summed E-state index contributed by atoms with van der Waals surface area (Å²) in [4.78, 5) is 32.1. The van der Waals surface area contributed by atoms with Gasteiger partial charge < -0.3 is 9.80 Å². The monoisotopic (exact) mass is 382 g/mol. The molecule has 2 aromatic rings. The number of carbonyl (C=O) groups is 1. The highest BCUT2D eigenvalue weighted by molar-refractivity contribution is 5.79. The number of benzene rings is 1. The molecule has 7 nitrogen and oxygen atoms in total. The highest BCUT2D eigenvalue weighted by Crippen LogP contribution is 2.32. The van der Waals surface area contributed by atoms with Crippen LogP contribution in [0.25, 0.3) is 11.3 Å². The Morgan fingerprint density at radius 1 is 1.18 bits per heavy atom. The van der Waals surface area contributed by atoms with E-state index in [-0.39, 0.29) is 23.6 Å². The molecule has 1 fully saturated rings. The third-order valence-corrected chi connectivity index (χ3v) is 5.39. The van der Waals surface area contributed by atoms with Gasteiger partial charge in [-0.3, -0.25) is 14.9 Å². The summed E-state index contributed by atoms with van der Waals surface area (Å²) in [5, 5.41) is 11.4. The highest BCUT2D eigenvalue weighted by atomic mass is 16.6. The molecule has 0 N–H and O–H groups in total. The van der Waals surface area contributed by atoms with Crippen LogP contribution < -0.4 is 4.90 Å². The average Bonchev–Trinajstić information content (AvgIpc) is 2.72. The molecule has 0 unspecified atom stereocenters. The van der Waals surface area contributed by atoms with Crippen molar-refractivity contribution in [3.8, 4) is 11.3 Å². The molecule has 0 bridgehead atoms. The molecule has 148 valence electrons. The van der Waals surface area contributed by atoms with Gasteiger partial charge in [-0.05, 0) is 32.8 Å². The van der Waals surface area contributed by atoms with Gasteiger partial charge in [0.15, 0.2) is 5.69 Å². The predicted molar refractivity (Wildman–Crippen MR) is 109 cm³/mol. The highest BCUT2D eigenvalue weighted by Gasteiger charge is 2.29. The van der Waals surface area contributed by atoms with Gasteiger partial charge in [0.25, 0.3) is 5.69 Å². The fraction of sp³-hybridized carbons (Fsp3) is 0.429. The average molecular weight is 382 g/mol. The number of amides is 1. The second-order valence-corrected chi connectivity index (χ2v) is 7.46. The number of hydrogen-bond donors (Lipinski definition) is 0. The lowest BCUT2D eigenvalue weighted by Crippen LogP contribution is -2.43. The first kappa shape index (κ1) is 19.8. The fourth-order valence-electron chi connectivity index (χ4n) is 3.47. The molecule has 3 rings (SSSR count). The van der Waals surface area contributed by atoms with Crippen LogP contribution >= 0.6 is 0 Å². The maximum atomic E-state index is 12.6. The Morgan fingerprint density at radius 2 is 1.82 bits per heavy atom. The van der Waals surface area contributed by atoms with Crippen LogP contribution in [0, 0.1) is 16.0 Å². The zero-order chi connectivity index (χ0) is 20.3. The maximum absolute atomic E-state index is 12.6. The molecule has 28 heavy (non-hydrogen) atoms. The molecule has 0 radical (unpaired) electrons. The van der Waals surface area contributed by atoms with E-state index in [1.165, 1.54) is 6.07 Å². The van der Waals surface area contributed by atoms with Crippen LogP contribution in [0.4, 0.5) is 11.5 Å². The Kier molecular flexibility index (Phi) is 5.92. The summed E-state index contributed by atoms with van der Waals surface area (Å²) in [5.74, 6) is 0.930. The summed E-state index contributed by atoms with van der Waals surface area (Å²) in [6.07, 6.45) is 1.52. The molecule has 1 aromatic heterocycles. The van der Waals surface area contributed by atoms with Crippen molar-refractivity contribution in [2.75, 3.05) is 25.0 Å². The van der Waals surface area contributed by atoms with Crippen LogP contribution in [0.1, 0.15) is 26.7 Å². The Bertz CT molecular complexity index is 846. The third-order valence-electron chi connectivity index (χ3n) is 5.39. The van der Waals surface area contributed by atoms with Crippen molar-refractivity contribution in [2.45, 2.75) is 32.7 Å². The lowest BCUT2D eigenvalue weighted by molar-refractivity contribution is -0.384. The third kappa shape index (κ3) is 4.13. The van der Waals surface area contributed by atoms with E-state index in [1.807, 2.05) is 51.2 Å². The van der Waals surface area contributed by atoms with Gasteiger partial charge in [-0.2, -0.15) is 0 Å². The van der Waals surface area contributed by atoms with E-state index >= 15 is 0 Å². The molecule has 1 aliphatic rings. The quantitative estimate of drug-likeness (QED) is 0.581. The SMILES string of the molecule is CC(C)N(C)C(=O)C1CCN(c2ccc([N+](=O)[O-])c(-c3ccccc3)n2)CC1. The second-order valence-electron chi connectivity index (χ2n) is 7.46. The van der Waals surface area contributed by atoms with Crippen LogP contribution in [0.5, 0.6) is 0 Å². The summed E-state index contributed by atoms with van der Waals surface area (Å²) in [5.41, 5.74) is 1.10. The van der Waals surface area contributed by atoms with E-state index in [0.717, 1.165) is 18.4 Å². The van der Waals surface area contributed by atoms with Gasteiger partial charge >= 0.3 is 0 Å². The first-order valence-electron chi connectivity index (χ1n) is 9.61. The van der Waals surface area contributed by atoms with E-state index in [0.29, 0.717) is 24.6 Å². The number of rotatable bonds is 5. The van der Waals surface area contributed by atoms with Gasteiger partial charge in [0, 0.05) is 43.7 Å². The second kappa shape index (κ2) is 8.37. The molecule has 1 saturated heterocycles. The van der Waals surface area contributed by atoms with E-state index in [9.17, 15) is 14.9 Å². The number of carbonyl (C=O) groups excluding carboxylic acids is 1. The van der Waals surface area contributed by atoms with Crippen LogP contribution in [0.15, 0.2) is 42.5 Å². The maximum Gasteiger partial charge on any atom is 0.295 e. The Morgan fingerprint density at radius 3 is 2.39 bits per heavy atom. The lowest BCUT2D eigenvalue weighted by atomic mass is 9.95.